The Labute approximate surface area is 234 Å². The Morgan fingerprint density at radius 1 is 0.929 bits per heavy atom. The van der Waals surface area contributed by atoms with Crippen molar-refractivity contribution in [3.8, 4) is 5.75 Å². The minimum Gasteiger partial charge on any atom is -0.481 e. The summed E-state index contributed by atoms with van der Waals surface area (Å²) in [6, 6.07) is 22.0. The summed E-state index contributed by atoms with van der Waals surface area (Å²) in [5.41, 5.74) is 3.92. The number of alkyl halides is 3. The summed E-state index contributed by atoms with van der Waals surface area (Å²) >= 11 is 0. The first kappa shape index (κ1) is 29.5. The van der Waals surface area contributed by atoms with Gasteiger partial charge in [0.25, 0.3) is 6.23 Å². The number of hydrogen-bond donors (Lipinski definition) is 6. The number of aromatic nitrogens is 3. The Kier molecular flexibility index (Phi) is 8.64. The van der Waals surface area contributed by atoms with Crippen molar-refractivity contribution in [1.29, 1.82) is 0 Å². The lowest BCUT2D eigenvalue weighted by Crippen LogP contribution is -2.35. The van der Waals surface area contributed by atoms with Gasteiger partial charge in [0.1, 0.15) is 5.75 Å². The topological polar surface area (TPSA) is 178 Å². The van der Waals surface area contributed by atoms with Gasteiger partial charge in [0.15, 0.2) is 0 Å². The first-order valence-electron chi connectivity index (χ1n) is 12.2. The van der Waals surface area contributed by atoms with Crippen LogP contribution >= 0.6 is 0 Å². The highest BCUT2D eigenvalue weighted by molar-refractivity contribution is 5.87. The lowest BCUT2D eigenvalue weighted by Gasteiger charge is -2.17. The Bertz CT molecular complexity index is 1680. The monoisotopic (exact) mass is 584 g/mol. The normalized spacial score (nSPS) is 12.6. The fourth-order valence-corrected chi connectivity index (χ4v) is 4.18. The van der Waals surface area contributed by atoms with E-state index in [1.807, 2.05) is 54.6 Å². The number of fused-ring (bicyclic) bond motifs is 2. The van der Waals surface area contributed by atoms with Crippen LogP contribution in [0.5, 0.6) is 5.75 Å². The predicted molar refractivity (Wildman–Crippen MR) is 144 cm³/mol. The van der Waals surface area contributed by atoms with Gasteiger partial charge in [-0.25, -0.2) is 14.6 Å². The van der Waals surface area contributed by atoms with E-state index in [4.69, 9.17) is 14.6 Å². The summed E-state index contributed by atoms with van der Waals surface area (Å²) in [5, 5.41) is 29.9. The van der Waals surface area contributed by atoms with E-state index in [1.54, 1.807) is 24.4 Å². The molecule has 5 aromatic rings. The van der Waals surface area contributed by atoms with Crippen molar-refractivity contribution >= 4 is 45.8 Å². The molecule has 3 aromatic carbocycles. The van der Waals surface area contributed by atoms with Gasteiger partial charge >= 0.3 is 24.1 Å². The highest BCUT2D eigenvalue weighted by Gasteiger charge is 2.38. The molecule has 2 aromatic heterocycles. The van der Waals surface area contributed by atoms with Crippen LogP contribution in [0.15, 0.2) is 79.0 Å². The smallest absolute Gasteiger partial charge is 0.481 e. The largest absolute Gasteiger partial charge is 0.490 e. The second kappa shape index (κ2) is 12.3. The molecular weight excluding hydrogens is 561 g/mol. The van der Waals surface area contributed by atoms with E-state index < -0.39 is 30.3 Å². The fourth-order valence-electron chi connectivity index (χ4n) is 4.18. The molecule has 0 saturated heterocycles. The van der Waals surface area contributed by atoms with Crippen molar-refractivity contribution < 1.29 is 47.6 Å². The van der Waals surface area contributed by atoms with Crippen LogP contribution in [0.1, 0.15) is 23.5 Å². The molecule has 6 N–H and O–H groups in total. The molecule has 11 nitrogen and oxygen atoms in total. The Balaban J connectivity index is 0.000000517. The summed E-state index contributed by atoms with van der Waals surface area (Å²) in [7, 11) is 0. The van der Waals surface area contributed by atoms with Gasteiger partial charge in [-0.3, -0.25) is 4.79 Å². The van der Waals surface area contributed by atoms with Gasteiger partial charge in [0.05, 0.1) is 17.5 Å². The highest BCUT2D eigenvalue weighted by Crippen LogP contribution is 2.35. The molecule has 0 aliphatic rings. The number of carboxylic acids is 3. The number of nitrogens with one attached hydrogen (secondary N) is 3. The maximum atomic E-state index is 11.8. The molecule has 2 unspecified atom stereocenters. The van der Waals surface area contributed by atoms with E-state index >= 15 is 0 Å². The number of aromatic amines is 2. The molecule has 218 valence electrons. The standard InChI is InChI=1S/C26H22N4O5.C2HF3O2/c31-23(32)13-18(15-6-2-1-3-7-15)19-14-27-22-12-16(10-11-17(19)22)35-24(25(33)34)30-26-28-20-8-4-5-9-21(20)29-26;3-2(4,5)1(6)7/h1-12,14,18,24,27H,13H2,(H,31,32)(H,33,34)(H2,28,29,30);(H,6,7). The maximum absolute atomic E-state index is 11.8. The zero-order chi connectivity index (χ0) is 30.4. The molecule has 0 fully saturated rings. The minimum atomic E-state index is -5.08. The lowest BCUT2D eigenvalue weighted by atomic mass is 9.88. The van der Waals surface area contributed by atoms with Gasteiger partial charge in [-0.1, -0.05) is 42.5 Å². The Morgan fingerprint density at radius 3 is 2.21 bits per heavy atom. The summed E-state index contributed by atoms with van der Waals surface area (Å²) < 4.78 is 37.5. The first-order chi connectivity index (χ1) is 19.9. The van der Waals surface area contributed by atoms with Gasteiger partial charge in [0, 0.05) is 29.1 Å². The summed E-state index contributed by atoms with van der Waals surface area (Å²) in [6.07, 6.45) is -4.74. The van der Waals surface area contributed by atoms with Crippen molar-refractivity contribution in [2.75, 3.05) is 5.32 Å². The second-order valence-corrected chi connectivity index (χ2v) is 8.90. The quantitative estimate of drug-likeness (QED) is 0.127. The van der Waals surface area contributed by atoms with Crippen molar-refractivity contribution in [2.24, 2.45) is 0 Å². The number of H-pyrrole nitrogens is 2. The van der Waals surface area contributed by atoms with Crippen molar-refractivity contribution in [3.05, 3.63) is 90.1 Å². The van der Waals surface area contributed by atoms with Crippen LogP contribution in [-0.2, 0) is 14.4 Å². The number of ether oxygens (including phenoxy) is 1. The number of halogens is 3. The highest BCUT2D eigenvalue weighted by atomic mass is 19.4. The van der Waals surface area contributed by atoms with Crippen LogP contribution in [-0.4, -0.2) is 60.6 Å². The Hall–Kier alpha value is -5.53. The number of nitrogens with zero attached hydrogens (tertiary/aromatic N) is 1. The van der Waals surface area contributed by atoms with Crippen molar-refractivity contribution in [2.45, 2.75) is 24.7 Å². The molecule has 0 bridgehead atoms. The molecule has 5 rings (SSSR count). The van der Waals surface area contributed by atoms with Crippen LogP contribution in [0.4, 0.5) is 19.1 Å². The summed E-state index contributed by atoms with van der Waals surface area (Å²) in [6.45, 7) is 0. The second-order valence-electron chi connectivity index (χ2n) is 8.90. The molecule has 14 heteroatoms. The van der Waals surface area contributed by atoms with Gasteiger partial charge in [-0.2, -0.15) is 13.2 Å². The van der Waals surface area contributed by atoms with Crippen molar-refractivity contribution in [1.82, 2.24) is 15.0 Å². The number of imidazole rings is 1. The van der Waals surface area contributed by atoms with E-state index in [0.717, 1.165) is 22.0 Å². The lowest BCUT2D eigenvalue weighted by molar-refractivity contribution is -0.192. The van der Waals surface area contributed by atoms with E-state index in [0.29, 0.717) is 16.8 Å². The number of rotatable bonds is 9. The van der Waals surface area contributed by atoms with Crippen LogP contribution in [0.25, 0.3) is 21.9 Å². The maximum Gasteiger partial charge on any atom is 0.490 e. The van der Waals surface area contributed by atoms with Gasteiger partial charge in [0.2, 0.25) is 5.95 Å². The van der Waals surface area contributed by atoms with Gasteiger partial charge in [-0.15, -0.1) is 0 Å². The number of anilines is 1. The molecule has 0 spiro atoms. The number of carbonyl (C=O) groups is 3. The number of benzene rings is 3. The minimum absolute atomic E-state index is 0.0578. The number of hydrogen-bond acceptors (Lipinski definition) is 6. The third-order valence-corrected chi connectivity index (χ3v) is 6.02. The molecule has 0 aliphatic carbocycles. The zero-order valence-corrected chi connectivity index (χ0v) is 21.4. The molecule has 2 atom stereocenters. The predicted octanol–water partition coefficient (Wildman–Crippen LogP) is 5.19. The van der Waals surface area contributed by atoms with Crippen LogP contribution in [0.2, 0.25) is 0 Å². The molecule has 0 aliphatic heterocycles. The Morgan fingerprint density at radius 2 is 1.60 bits per heavy atom. The molecule has 2 heterocycles. The number of carboxylic acid groups (broad SMARTS) is 3. The van der Waals surface area contributed by atoms with Gasteiger partial charge < -0.3 is 35.3 Å². The van der Waals surface area contributed by atoms with Crippen LogP contribution in [0, 0.1) is 0 Å². The van der Waals surface area contributed by atoms with E-state index in [9.17, 15) is 33.0 Å². The van der Waals surface area contributed by atoms with E-state index in [1.165, 1.54) is 0 Å². The van der Waals surface area contributed by atoms with Crippen molar-refractivity contribution in [3.63, 3.8) is 0 Å². The average Bonchev–Trinajstić information content (AvgIpc) is 3.55. The summed E-state index contributed by atoms with van der Waals surface area (Å²) in [4.78, 5) is 42.8. The summed E-state index contributed by atoms with van der Waals surface area (Å²) in [5.74, 6) is -4.58. The molecule has 42 heavy (non-hydrogen) atoms. The van der Waals surface area contributed by atoms with E-state index in [2.05, 4.69) is 20.3 Å². The first-order valence-corrected chi connectivity index (χ1v) is 12.2. The molecular formula is C28H23F3N4O7. The van der Waals surface area contributed by atoms with Gasteiger partial charge in [-0.05, 0) is 35.4 Å². The van der Waals surface area contributed by atoms with Crippen LogP contribution in [0.3, 0.4) is 0 Å². The third-order valence-electron chi connectivity index (χ3n) is 6.02. The SMILES string of the molecule is O=C(O)C(F)(F)F.O=C(O)CC(c1ccccc1)c1c[nH]c2cc(OC(Nc3nc4ccccc4[nH]3)C(=O)O)ccc12. The molecule has 0 radical (unpaired) electrons. The molecule has 0 saturated carbocycles. The van der Waals surface area contributed by atoms with E-state index in [-0.39, 0.29) is 18.3 Å². The fraction of sp³-hybridized carbons (Fsp3) is 0.143. The van der Waals surface area contributed by atoms with Crippen LogP contribution < -0.4 is 10.1 Å². The third kappa shape index (κ3) is 7.15. The zero-order valence-electron chi connectivity index (χ0n) is 21.4. The number of aliphatic carboxylic acids is 3. The number of para-hydroxylation sites is 2. The average molecular weight is 585 g/mol. The molecule has 0 amide bonds.